The van der Waals surface area contributed by atoms with Gasteiger partial charge in [0.2, 0.25) is 10.0 Å². The average molecular weight is 510 g/mol. The minimum absolute atomic E-state index is 0.426. The van der Waals surface area contributed by atoms with Crippen LogP contribution in [0, 0.1) is 5.92 Å². The summed E-state index contributed by atoms with van der Waals surface area (Å²) in [4.78, 5) is 23.5. The number of likely N-dealkylation sites (tertiary alicyclic amines) is 1. The van der Waals surface area contributed by atoms with Gasteiger partial charge in [0.15, 0.2) is 0 Å². The van der Waals surface area contributed by atoms with Crippen LogP contribution >= 0.6 is 0 Å². The normalized spacial score (nSPS) is 21.7. The highest BCUT2D eigenvalue weighted by Crippen LogP contribution is 2.28. The Morgan fingerprint density at radius 1 is 1.00 bits per heavy atom. The fraction of sp³-hybridized carbons (Fsp3) is 0.680. The van der Waals surface area contributed by atoms with Crippen molar-refractivity contribution < 1.29 is 28.2 Å². The topological polar surface area (TPSA) is 127 Å². The predicted molar refractivity (Wildman–Crippen MR) is 133 cm³/mol. The second-order valence-electron chi connectivity index (χ2n) is 9.99. The largest absolute Gasteiger partial charge is 0.473 e. The number of carboxylic acids is 2. The van der Waals surface area contributed by atoms with Crippen LogP contribution in [0.5, 0.6) is 0 Å². The van der Waals surface area contributed by atoms with Crippen LogP contribution in [0.4, 0.5) is 0 Å². The van der Waals surface area contributed by atoms with Crippen LogP contribution in [-0.2, 0) is 32.6 Å². The second-order valence-corrected chi connectivity index (χ2v) is 11.8. The number of rotatable bonds is 7. The molecule has 0 radical (unpaired) electrons. The third-order valence-corrected chi connectivity index (χ3v) is 8.90. The molecule has 1 aromatic rings. The van der Waals surface area contributed by atoms with Gasteiger partial charge >= 0.3 is 11.9 Å². The Labute approximate surface area is 208 Å². The Kier molecular flexibility index (Phi) is 10.1. The van der Waals surface area contributed by atoms with E-state index in [2.05, 4.69) is 21.6 Å². The number of hydrogen-bond acceptors (Lipinski definition) is 6. The highest BCUT2D eigenvalue weighted by atomic mass is 32.2. The zero-order chi connectivity index (χ0) is 25.4. The summed E-state index contributed by atoms with van der Waals surface area (Å²) >= 11 is 0. The zero-order valence-electron chi connectivity index (χ0n) is 20.6. The number of fused-ring (bicyclic) bond motifs is 1. The van der Waals surface area contributed by atoms with Crippen molar-refractivity contribution in [2.45, 2.75) is 75.3 Å². The molecule has 2 aliphatic heterocycles. The van der Waals surface area contributed by atoms with E-state index in [0.717, 1.165) is 38.4 Å². The summed E-state index contributed by atoms with van der Waals surface area (Å²) in [6, 6.07) is 6.26. The van der Waals surface area contributed by atoms with Crippen LogP contribution in [0.15, 0.2) is 23.1 Å². The number of benzene rings is 1. The SMILES string of the molecule is CN1CCCC1CCNS(=O)(=O)c1ccc2c(c1)CN(CC1CCCCC1)CC2.O=C(O)C(=O)O. The standard InChI is InChI=1S/C23H37N3O2S.C2H2O4/c1-25-14-5-8-22(25)11-13-24-29(27,28)23-10-9-20-12-15-26(18-21(20)16-23)17-19-6-3-2-4-7-19;3-1(4)2(5)6/h9-10,16,19,22,24H,2-8,11-15,17-18H2,1H3;(H,3,4)(H,5,6). The van der Waals surface area contributed by atoms with Gasteiger partial charge in [-0.05, 0) is 81.3 Å². The molecule has 1 aliphatic carbocycles. The van der Waals surface area contributed by atoms with E-state index in [-0.39, 0.29) is 0 Å². The van der Waals surface area contributed by atoms with E-state index in [1.807, 2.05) is 12.1 Å². The summed E-state index contributed by atoms with van der Waals surface area (Å²) in [6.07, 6.45) is 11.2. The predicted octanol–water partition coefficient (Wildman–Crippen LogP) is 2.54. The third kappa shape index (κ3) is 8.27. The van der Waals surface area contributed by atoms with Crippen LogP contribution in [0.1, 0.15) is 62.5 Å². The molecule has 0 amide bonds. The molecule has 3 N–H and O–H groups in total. The second kappa shape index (κ2) is 12.8. The Hall–Kier alpha value is -2.01. The molecule has 0 aromatic heterocycles. The summed E-state index contributed by atoms with van der Waals surface area (Å²) in [5.41, 5.74) is 2.52. The number of sulfonamides is 1. The van der Waals surface area contributed by atoms with Crippen molar-refractivity contribution in [1.29, 1.82) is 0 Å². The lowest BCUT2D eigenvalue weighted by Crippen LogP contribution is -2.35. The summed E-state index contributed by atoms with van der Waals surface area (Å²) in [5.74, 6) is -2.82. The molecule has 1 saturated carbocycles. The van der Waals surface area contributed by atoms with Gasteiger partial charge in [0.1, 0.15) is 0 Å². The molecule has 0 bridgehead atoms. The van der Waals surface area contributed by atoms with E-state index in [1.165, 1.54) is 62.6 Å². The van der Waals surface area contributed by atoms with Crippen molar-refractivity contribution in [3.63, 3.8) is 0 Å². The molecule has 0 spiro atoms. The van der Waals surface area contributed by atoms with Crippen molar-refractivity contribution in [3.05, 3.63) is 29.3 Å². The number of hydrogen-bond donors (Lipinski definition) is 3. The van der Waals surface area contributed by atoms with Crippen LogP contribution in [0.3, 0.4) is 0 Å². The van der Waals surface area contributed by atoms with Crippen LogP contribution in [0.25, 0.3) is 0 Å². The van der Waals surface area contributed by atoms with E-state index in [0.29, 0.717) is 17.5 Å². The average Bonchev–Trinajstić information content (AvgIpc) is 3.24. The van der Waals surface area contributed by atoms with Crippen LogP contribution in [-0.4, -0.2) is 79.6 Å². The lowest BCUT2D eigenvalue weighted by atomic mass is 9.88. The van der Waals surface area contributed by atoms with Crippen molar-refractivity contribution in [2.75, 3.05) is 33.2 Å². The fourth-order valence-electron chi connectivity index (χ4n) is 5.44. The number of carbonyl (C=O) groups is 2. The minimum Gasteiger partial charge on any atom is -0.473 e. The van der Waals surface area contributed by atoms with Gasteiger partial charge in [-0.3, -0.25) is 4.90 Å². The minimum atomic E-state index is -3.43. The van der Waals surface area contributed by atoms with Gasteiger partial charge in [-0.2, -0.15) is 0 Å². The van der Waals surface area contributed by atoms with Gasteiger partial charge in [0, 0.05) is 32.2 Å². The van der Waals surface area contributed by atoms with Crippen molar-refractivity contribution in [3.8, 4) is 0 Å². The number of nitrogens with one attached hydrogen (secondary N) is 1. The Morgan fingerprint density at radius 2 is 1.71 bits per heavy atom. The maximum absolute atomic E-state index is 12.8. The first kappa shape index (κ1) is 27.6. The Morgan fingerprint density at radius 3 is 2.34 bits per heavy atom. The first-order chi connectivity index (χ1) is 16.7. The van der Waals surface area contributed by atoms with E-state index < -0.39 is 22.0 Å². The Bertz CT molecular complexity index is 965. The quantitative estimate of drug-likeness (QED) is 0.479. The van der Waals surface area contributed by atoms with Crippen molar-refractivity contribution >= 4 is 22.0 Å². The smallest absolute Gasteiger partial charge is 0.414 e. The molecule has 35 heavy (non-hydrogen) atoms. The summed E-state index contributed by atoms with van der Waals surface area (Å²) in [6.45, 7) is 4.80. The first-order valence-electron chi connectivity index (χ1n) is 12.7. The van der Waals surface area contributed by atoms with Gasteiger partial charge in [0.25, 0.3) is 0 Å². The monoisotopic (exact) mass is 509 g/mol. The van der Waals surface area contributed by atoms with Crippen molar-refractivity contribution in [2.24, 2.45) is 5.92 Å². The Balaban J connectivity index is 0.000000509. The van der Waals surface area contributed by atoms with Gasteiger partial charge in [-0.1, -0.05) is 25.3 Å². The van der Waals surface area contributed by atoms with E-state index in [4.69, 9.17) is 19.8 Å². The van der Waals surface area contributed by atoms with Gasteiger partial charge in [0.05, 0.1) is 4.90 Å². The lowest BCUT2D eigenvalue weighted by Gasteiger charge is -2.33. The third-order valence-electron chi connectivity index (χ3n) is 7.44. The van der Waals surface area contributed by atoms with Gasteiger partial charge < -0.3 is 15.1 Å². The van der Waals surface area contributed by atoms with Crippen LogP contribution in [0.2, 0.25) is 0 Å². The highest BCUT2D eigenvalue weighted by molar-refractivity contribution is 7.89. The van der Waals surface area contributed by atoms with Crippen molar-refractivity contribution in [1.82, 2.24) is 14.5 Å². The first-order valence-corrected chi connectivity index (χ1v) is 14.1. The molecule has 9 nitrogen and oxygen atoms in total. The molecule has 2 heterocycles. The molecule has 10 heteroatoms. The summed E-state index contributed by atoms with van der Waals surface area (Å²) < 4.78 is 28.5. The molecule has 1 atom stereocenters. The van der Waals surface area contributed by atoms with Gasteiger partial charge in [-0.15, -0.1) is 0 Å². The molecule has 1 unspecified atom stereocenters. The highest BCUT2D eigenvalue weighted by Gasteiger charge is 2.24. The zero-order valence-corrected chi connectivity index (χ0v) is 21.4. The molecule has 2 fully saturated rings. The van der Waals surface area contributed by atoms with Crippen LogP contribution < -0.4 is 4.72 Å². The molecule has 4 rings (SSSR count). The maximum atomic E-state index is 12.8. The fourth-order valence-corrected chi connectivity index (χ4v) is 6.53. The van der Waals surface area contributed by atoms with E-state index in [1.54, 1.807) is 6.07 Å². The van der Waals surface area contributed by atoms with E-state index >= 15 is 0 Å². The number of aliphatic carboxylic acids is 2. The summed E-state index contributed by atoms with van der Waals surface area (Å²) in [5, 5.41) is 14.8. The molecule has 1 saturated heterocycles. The molecule has 1 aromatic carbocycles. The van der Waals surface area contributed by atoms with Gasteiger partial charge in [-0.25, -0.2) is 22.7 Å². The summed E-state index contributed by atoms with van der Waals surface area (Å²) in [7, 11) is -1.30. The maximum Gasteiger partial charge on any atom is 0.414 e. The number of nitrogens with zero attached hydrogens (tertiary/aromatic N) is 2. The molecule has 196 valence electrons. The lowest BCUT2D eigenvalue weighted by molar-refractivity contribution is -0.159. The molecular weight excluding hydrogens is 470 g/mol. The molecule has 3 aliphatic rings. The van der Waals surface area contributed by atoms with E-state index in [9.17, 15) is 8.42 Å². The number of carboxylic acid groups (broad SMARTS) is 2. The molecular formula is C25H39N3O6S.